The standard InChI is InChI=1S/C25H21BrN4O/c1-28-15-22(17-10-12-29-13-11-17)25(27)18-6-8-20(9-7-18)31-16-19-14-23(26)21-4-2-3-5-24(21)30-19/h2-15H,16,27H2,1H3/b25-22+,28-15?. The van der Waals surface area contributed by atoms with E-state index in [9.17, 15) is 0 Å². The molecule has 0 saturated carbocycles. The fraction of sp³-hybridized carbons (Fsp3) is 0.0800. The Hall–Kier alpha value is -3.51. The Morgan fingerprint density at radius 3 is 2.52 bits per heavy atom. The monoisotopic (exact) mass is 472 g/mol. The molecule has 0 aliphatic rings. The van der Waals surface area contributed by atoms with Crippen LogP contribution in [0.5, 0.6) is 5.75 Å². The highest BCUT2D eigenvalue weighted by atomic mass is 79.9. The van der Waals surface area contributed by atoms with Gasteiger partial charge in [-0.15, -0.1) is 0 Å². The van der Waals surface area contributed by atoms with Gasteiger partial charge in [-0.3, -0.25) is 9.98 Å². The lowest BCUT2D eigenvalue weighted by atomic mass is 10.0. The molecule has 0 aliphatic heterocycles. The maximum absolute atomic E-state index is 6.45. The van der Waals surface area contributed by atoms with Crippen molar-refractivity contribution in [3.8, 4) is 5.75 Å². The summed E-state index contributed by atoms with van der Waals surface area (Å²) in [6.07, 6.45) is 5.24. The van der Waals surface area contributed by atoms with Crippen molar-refractivity contribution < 1.29 is 4.74 Å². The number of hydrogen-bond acceptors (Lipinski definition) is 5. The SMILES string of the molecule is CN=C/C(=C(\N)c1ccc(OCc2cc(Br)c3ccccc3n2)cc1)c1ccncc1. The highest BCUT2D eigenvalue weighted by Gasteiger charge is 2.08. The number of aromatic nitrogens is 2. The van der Waals surface area contributed by atoms with Gasteiger partial charge >= 0.3 is 0 Å². The largest absolute Gasteiger partial charge is 0.487 e. The van der Waals surface area contributed by atoms with Gasteiger partial charge < -0.3 is 10.5 Å². The first kappa shape index (κ1) is 20.8. The Morgan fingerprint density at radius 2 is 1.77 bits per heavy atom. The van der Waals surface area contributed by atoms with Crippen LogP contribution in [-0.4, -0.2) is 23.2 Å². The minimum absolute atomic E-state index is 0.374. The molecule has 5 nitrogen and oxygen atoms in total. The average Bonchev–Trinajstić information content (AvgIpc) is 2.82. The fourth-order valence-electron chi connectivity index (χ4n) is 3.26. The summed E-state index contributed by atoms with van der Waals surface area (Å²) in [6, 6.07) is 21.5. The quantitative estimate of drug-likeness (QED) is 0.376. The second kappa shape index (κ2) is 9.53. The Bertz CT molecular complexity index is 1250. The summed E-state index contributed by atoms with van der Waals surface area (Å²) in [6.45, 7) is 0.374. The van der Waals surface area contributed by atoms with E-state index in [0.717, 1.165) is 43.5 Å². The first-order chi connectivity index (χ1) is 15.2. The molecule has 4 rings (SSSR count). The van der Waals surface area contributed by atoms with Crippen LogP contribution in [0.4, 0.5) is 0 Å². The molecule has 6 heteroatoms. The molecule has 2 N–H and O–H groups in total. The highest BCUT2D eigenvalue weighted by molar-refractivity contribution is 9.10. The summed E-state index contributed by atoms with van der Waals surface area (Å²) < 4.78 is 6.95. The van der Waals surface area contributed by atoms with Crippen molar-refractivity contribution in [2.75, 3.05) is 7.05 Å². The molecule has 0 spiro atoms. The molecule has 0 aliphatic carbocycles. The van der Waals surface area contributed by atoms with Crippen LogP contribution in [0.15, 0.2) is 88.6 Å². The van der Waals surface area contributed by atoms with Crippen molar-refractivity contribution in [2.24, 2.45) is 10.7 Å². The number of halogens is 1. The number of rotatable bonds is 6. The van der Waals surface area contributed by atoms with E-state index in [1.165, 1.54) is 0 Å². The van der Waals surface area contributed by atoms with E-state index in [1.54, 1.807) is 25.7 Å². The number of nitrogens with zero attached hydrogens (tertiary/aromatic N) is 3. The first-order valence-corrected chi connectivity index (χ1v) is 10.5. The van der Waals surface area contributed by atoms with E-state index in [2.05, 4.69) is 30.9 Å². The van der Waals surface area contributed by atoms with Gasteiger partial charge in [0, 0.05) is 46.8 Å². The van der Waals surface area contributed by atoms with E-state index < -0.39 is 0 Å². The Kier molecular flexibility index (Phi) is 6.38. The van der Waals surface area contributed by atoms with Crippen LogP contribution < -0.4 is 10.5 Å². The van der Waals surface area contributed by atoms with Crippen molar-refractivity contribution in [1.82, 2.24) is 9.97 Å². The maximum Gasteiger partial charge on any atom is 0.130 e. The third-order valence-corrected chi connectivity index (χ3v) is 5.47. The van der Waals surface area contributed by atoms with Gasteiger partial charge in [-0.1, -0.05) is 34.1 Å². The van der Waals surface area contributed by atoms with Gasteiger partial charge in [-0.05, 0) is 59.7 Å². The summed E-state index contributed by atoms with van der Waals surface area (Å²) in [4.78, 5) is 12.9. The van der Waals surface area contributed by atoms with E-state index in [-0.39, 0.29) is 0 Å². The van der Waals surface area contributed by atoms with Gasteiger partial charge in [0.2, 0.25) is 0 Å². The fourth-order valence-corrected chi connectivity index (χ4v) is 3.86. The number of hydrogen-bond donors (Lipinski definition) is 1. The summed E-state index contributed by atoms with van der Waals surface area (Å²) in [5.41, 5.74) is 11.6. The first-order valence-electron chi connectivity index (χ1n) is 9.75. The van der Waals surface area contributed by atoms with Gasteiger partial charge in [-0.2, -0.15) is 0 Å². The lowest BCUT2D eigenvalue weighted by Gasteiger charge is -2.11. The third kappa shape index (κ3) is 4.81. The highest BCUT2D eigenvalue weighted by Crippen LogP contribution is 2.25. The van der Waals surface area contributed by atoms with E-state index >= 15 is 0 Å². The summed E-state index contributed by atoms with van der Waals surface area (Å²) >= 11 is 3.62. The molecule has 0 radical (unpaired) electrons. The zero-order chi connectivity index (χ0) is 21.6. The second-order valence-corrected chi connectivity index (χ2v) is 7.73. The molecular formula is C25H21BrN4O. The second-order valence-electron chi connectivity index (χ2n) is 6.88. The molecule has 2 aromatic carbocycles. The molecule has 0 unspecified atom stereocenters. The maximum atomic E-state index is 6.45. The lowest BCUT2D eigenvalue weighted by Crippen LogP contribution is -2.03. The van der Waals surface area contributed by atoms with Crippen LogP contribution in [-0.2, 0) is 6.61 Å². The van der Waals surface area contributed by atoms with E-state index in [0.29, 0.717) is 12.3 Å². The van der Waals surface area contributed by atoms with Gasteiger partial charge in [0.05, 0.1) is 11.2 Å². The molecule has 0 fully saturated rings. The molecule has 2 heterocycles. The van der Waals surface area contributed by atoms with Gasteiger partial charge in [-0.25, -0.2) is 4.98 Å². The van der Waals surface area contributed by atoms with Crippen LogP contribution >= 0.6 is 15.9 Å². The average molecular weight is 473 g/mol. The topological polar surface area (TPSA) is 73.4 Å². The van der Waals surface area contributed by atoms with E-state index in [1.807, 2.05) is 66.7 Å². The summed E-state index contributed by atoms with van der Waals surface area (Å²) in [7, 11) is 1.73. The van der Waals surface area contributed by atoms with Crippen LogP contribution in [0, 0.1) is 0 Å². The van der Waals surface area contributed by atoms with Crippen LogP contribution in [0.1, 0.15) is 16.8 Å². The smallest absolute Gasteiger partial charge is 0.130 e. The molecule has 154 valence electrons. The predicted molar refractivity (Wildman–Crippen MR) is 130 cm³/mol. The molecule has 0 bridgehead atoms. The van der Waals surface area contributed by atoms with Crippen molar-refractivity contribution >= 4 is 44.3 Å². The zero-order valence-corrected chi connectivity index (χ0v) is 18.6. The Balaban J connectivity index is 1.53. The number of para-hydroxylation sites is 1. The lowest BCUT2D eigenvalue weighted by molar-refractivity contribution is 0.301. The number of nitrogens with two attached hydrogens (primary N) is 1. The molecule has 0 saturated heterocycles. The minimum atomic E-state index is 0.374. The predicted octanol–water partition coefficient (Wildman–Crippen LogP) is 5.50. The summed E-state index contributed by atoms with van der Waals surface area (Å²) in [5.74, 6) is 0.747. The molecule has 4 aromatic rings. The van der Waals surface area contributed by atoms with E-state index in [4.69, 9.17) is 10.5 Å². The minimum Gasteiger partial charge on any atom is -0.487 e. The zero-order valence-electron chi connectivity index (χ0n) is 17.0. The van der Waals surface area contributed by atoms with Gasteiger partial charge in [0.25, 0.3) is 0 Å². The van der Waals surface area contributed by atoms with Crippen molar-refractivity contribution in [1.29, 1.82) is 0 Å². The number of fused-ring (bicyclic) bond motifs is 1. The van der Waals surface area contributed by atoms with Crippen molar-refractivity contribution in [3.63, 3.8) is 0 Å². The number of ether oxygens (including phenoxy) is 1. The molecule has 31 heavy (non-hydrogen) atoms. The molecule has 2 aromatic heterocycles. The molecule has 0 amide bonds. The molecule has 0 atom stereocenters. The van der Waals surface area contributed by atoms with Gasteiger partial charge in [0.15, 0.2) is 0 Å². The van der Waals surface area contributed by atoms with Crippen LogP contribution in [0.25, 0.3) is 22.2 Å². The molecular weight excluding hydrogens is 452 g/mol. The number of allylic oxidation sites excluding steroid dienone is 1. The van der Waals surface area contributed by atoms with Crippen LogP contribution in [0.3, 0.4) is 0 Å². The number of pyridine rings is 2. The Labute approximate surface area is 189 Å². The normalized spacial score (nSPS) is 12.2. The number of aliphatic imine (C=N–C) groups is 1. The number of benzene rings is 2. The van der Waals surface area contributed by atoms with Crippen molar-refractivity contribution in [3.05, 3.63) is 100 Å². The summed E-state index contributed by atoms with van der Waals surface area (Å²) in [5, 5.41) is 1.08. The Morgan fingerprint density at radius 1 is 1.03 bits per heavy atom. The van der Waals surface area contributed by atoms with Crippen LogP contribution in [0.2, 0.25) is 0 Å². The third-order valence-electron chi connectivity index (χ3n) is 4.81. The van der Waals surface area contributed by atoms with Crippen molar-refractivity contribution in [2.45, 2.75) is 6.61 Å². The van der Waals surface area contributed by atoms with Gasteiger partial charge in [0.1, 0.15) is 12.4 Å².